The maximum Gasteiger partial charge on any atom is 0.299 e. The van der Waals surface area contributed by atoms with E-state index in [-0.39, 0.29) is 6.04 Å². The third-order valence-corrected chi connectivity index (χ3v) is 3.49. The van der Waals surface area contributed by atoms with Crippen molar-refractivity contribution >= 4 is 15.9 Å². The van der Waals surface area contributed by atoms with Crippen molar-refractivity contribution in [2.75, 3.05) is 4.72 Å². The Bertz CT molecular complexity index is 451. The number of hydrogen-bond donors (Lipinski definition) is 3. The summed E-state index contributed by atoms with van der Waals surface area (Å²) in [5.74, 6) is 0. The first kappa shape index (κ1) is 11.4. The fourth-order valence-electron chi connectivity index (χ4n) is 1.31. The Morgan fingerprint density at radius 3 is 2.38 bits per heavy atom. The van der Waals surface area contributed by atoms with Crippen LogP contribution in [0.1, 0.15) is 18.4 Å². The fourth-order valence-corrected chi connectivity index (χ4v) is 2.49. The van der Waals surface area contributed by atoms with Gasteiger partial charge < -0.3 is 5.73 Å². The minimum Gasteiger partial charge on any atom is -0.326 e. The van der Waals surface area contributed by atoms with Crippen molar-refractivity contribution < 1.29 is 8.42 Å². The highest BCUT2D eigenvalue weighted by Crippen LogP contribution is 2.20. The fraction of sp³-hybridized carbons (Fsp3) is 0.400. The van der Waals surface area contributed by atoms with Gasteiger partial charge in [-0.25, -0.2) is 0 Å². The molecule has 0 radical (unpaired) electrons. The molecule has 6 heteroatoms. The topological polar surface area (TPSA) is 84.2 Å². The van der Waals surface area contributed by atoms with Crippen LogP contribution in [0, 0.1) is 0 Å². The van der Waals surface area contributed by atoms with E-state index in [0.717, 1.165) is 18.4 Å². The van der Waals surface area contributed by atoms with E-state index in [0.29, 0.717) is 12.2 Å². The molecule has 0 atom stereocenters. The Labute approximate surface area is 95.2 Å². The average molecular weight is 241 g/mol. The normalized spacial score (nSPS) is 16.1. The lowest BCUT2D eigenvalue weighted by molar-refractivity contribution is 0.586. The van der Waals surface area contributed by atoms with Crippen LogP contribution in [0.3, 0.4) is 0 Å². The van der Waals surface area contributed by atoms with Gasteiger partial charge in [-0.05, 0) is 30.5 Å². The lowest BCUT2D eigenvalue weighted by atomic mass is 10.2. The number of nitrogens with two attached hydrogens (primary N) is 1. The highest BCUT2D eigenvalue weighted by molar-refractivity contribution is 7.90. The van der Waals surface area contributed by atoms with Crippen LogP contribution in [-0.4, -0.2) is 14.5 Å². The SMILES string of the molecule is NCc1ccc(NS(=O)(=O)NC2CC2)cc1. The zero-order chi connectivity index (χ0) is 11.6. The van der Waals surface area contributed by atoms with Gasteiger partial charge in [-0.2, -0.15) is 13.1 Å². The van der Waals surface area contributed by atoms with Crippen molar-refractivity contribution in [1.82, 2.24) is 4.72 Å². The van der Waals surface area contributed by atoms with Crippen LogP contribution >= 0.6 is 0 Å². The molecule has 0 unspecified atom stereocenters. The lowest BCUT2D eigenvalue weighted by Gasteiger charge is -2.08. The molecule has 5 nitrogen and oxygen atoms in total. The van der Waals surface area contributed by atoms with Crippen LogP contribution < -0.4 is 15.2 Å². The molecule has 0 spiro atoms. The minimum atomic E-state index is -3.42. The van der Waals surface area contributed by atoms with E-state index in [4.69, 9.17) is 5.73 Å². The summed E-state index contributed by atoms with van der Waals surface area (Å²) >= 11 is 0. The van der Waals surface area contributed by atoms with E-state index in [1.165, 1.54) is 0 Å². The molecule has 88 valence electrons. The molecule has 0 amide bonds. The largest absolute Gasteiger partial charge is 0.326 e. The smallest absolute Gasteiger partial charge is 0.299 e. The standard InChI is InChI=1S/C10H15N3O2S/c11-7-8-1-3-9(4-2-8)12-16(14,15)13-10-5-6-10/h1-4,10,12-13H,5-7,11H2. The molecular formula is C10H15N3O2S. The zero-order valence-electron chi connectivity index (χ0n) is 8.81. The van der Waals surface area contributed by atoms with Gasteiger partial charge in [0.05, 0.1) is 0 Å². The van der Waals surface area contributed by atoms with Crippen molar-refractivity contribution in [3.05, 3.63) is 29.8 Å². The van der Waals surface area contributed by atoms with Crippen LogP contribution in [0.5, 0.6) is 0 Å². The van der Waals surface area contributed by atoms with Gasteiger partial charge in [-0.1, -0.05) is 12.1 Å². The maximum atomic E-state index is 11.6. The van der Waals surface area contributed by atoms with Crippen molar-refractivity contribution in [2.45, 2.75) is 25.4 Å². The molecule has 1 aliphatic carbocycles. The molecule has 0 aromatic heterocycles. The summed E-state index contributed by atoms with van der Waals surface area (Å²) in [4.78, 5) is 0. The molecule has 1 fully saturated rings. The summed E-state index contributed by atoms with van der Waals surface area (Å²) in [6.45, 7) is 0.452. The molecule has 2 rings (SSSR count). The molecule has 1 aromatic carbocycles. The molecule has 1 aromatic rings. The molecular weight excluding hydrogens is 226 g/mol. The molecule has 1 saturated carbocycles. The van der Waals surface area contributed by atoms with Gasteiger partial charge in [0.25, 0.3) is 10.2 Å². The monoisotopic (exact) mass is 241 g/mol. The lowest BCUT2D eigenvalue weighted by Crippen LogP contribution is -2.31. The van der Waals surface area contributed by atoms with Crippen LogP contribution in [0.2, 0.25) is 0 Å². The number of nitrogens with one attached hydrogen (secondary N) is 2. The second-order valence-corrected chi connectivity index (χ2v) is 5.35. The van der Waals surface area contributed by atoms with E-state index >= 15 is 0 Å². The average Bonchev–Trinajstić information content (AvgIpc) is 3.01. The Hall–Kier alpha value is -1.11. The van der Waals surface area contributed by atoms with E-state index in [9.17, 15) is 8.42 Å². The van der Waals surface area contributed by atoms with E-state index in [2.05, 4.69) is 9.44 Å². The number of benzene rings is 1. The van der Waals surface area contributed by atoms with E-state index < -0.39 is 10.2 Å². The van der Waals surface area contributed by atoms with Gasteiger partial charge >= 0.3 is 0 Å². The van der Waals surface area contributed by atoms with Gasteiger partial charge in [0.1, 0.15) is 0 Å². The van der Waals surface area contributed by atoms with Crippen LogP contribution in [0.25, 0.3) is 0 Å². The van der Waals surface area contributed by atoms with Crippen molar-refractivity contribution in [1.29, 1.82) is 0 Å². The molecule has 16 heavy (non-hydrogen) atoms. The third kappa shape index (κ3) is 3.19. The molecule has 0 heterocycles. The Morgan fingerprint density at radius 2 is 1.88 bits per heavy atom. The van der Waals surface area contributed by atoms with Gasteiger partial charge in [-0.15, -0.1) is 0 Å². The summed E-state index contributed by atoms with van der Waals surface area (Å²) < 4.78 is 28.1. The molecule has 0 saturated heterocycles. The Balaban J connectivity index is 2.01. The first-order valence-electron chi connectivity index (χ1n) is 5.18. The molecule has 1 aliphatic rings. The summed E-state index contributed by atoms with van der Waals surface area (Å²) in [5, 5.41) is 0. The molecule has 4 N–H and O–H groups in total. The maximum absolute atomic E-state index is 11.6. The third-order valence-electron chi connectivity index (χ3n) is 2.34. The summed E-state index contributed by atoms with van der Waals surface area (Å²) in [6.07, 6.45) is 1.85. The predicted molar refractivity (Wildman–Crippen MR) is 63.0 cm³/mol. The van der Waals surface area contributed by atoms with E-state index in [1.807, 2.05) is 0 Å². The number of anilines is 1. The second-order valence-electron chi connectivity index (χ2n) is 3.90. The Kier molecular flexibility index (Phi) is 3.13. The van der Waals surface area contributed by atoms with Crippen LogP contribution in [-0.2, 0) is 16.8 Å². The first-order valence-corrected chi connectivity index (χ1v) is 6.66. The minimum absolute atomic E-state index is 0.112. The van der Waals surface area contributed by atoms with Gasteiger partial charge in [0.15, 0.2) is 0 Å². The van der Waals surface area contributed by atoms with Crippen molar-refractivity contribution in [3.63, 3.8) is 0 Å². The van der Waals surface area contributed by atoms with E-state index in [1.54, 1.807) is 24.3 Å². The molecule has 0 aliphatic heterocycles. The summed E-state index contributed by atoms with van der Waals surface area (Å²) in [7, 11) is -3.42. The summed E-state index contributed by atoms with van der Waals surface area (Å²) in [6, 6.07) is 7.12. The van der Waals surface area contributed by atoms with Crippen LogP contribution in [0.4, 0.5) is 5.69 Å². The quantitative estimate of drug-likeness (QED) is 0.704. The van der Waals surface area contributed by atoms with Gasteiger partial charge in [-0.3, -0.25) is 4.72 Å². The van der Waals surface area contributed by atoms with Gasteiger partial charge in [0, 0.05) is 18.3 Å². The summed E-state index contributed by atoms with van der Waals surface area (Å²) in [5.41, 5.74) is 6.97. The second kappa shape index (κ2) is 4.40. The van der Waals surface area contributed by atoms with Crippen molar-refractivity contribution in [2.24, 2.45) is 5.73 Å². The highest BCUT2D eigenvalue weighted by atomic mass is 32.2. The zero-order valence-corrected chi connectivity index (χ0v) is 9.63. The van der Waals surface area contributed by atoms with Gasteiger partial charge in [0.2, 0.25) is 0 Å². The molecule has 0 bridgehead atoms. The Morgan fingerprint density at radius 1 is 1.25 bits per heavy atom. The first-order chi connectivity index (χ1) is 7.59. The van der Waals surface area contributed by atoms with Crippen LogP contribution in [0.15, 0.2) is 24.3 Å². The predicted octanol–water partition coefficient (Wildman–Crippen LogP) is 0.554. The number of hydrogen-bond acceptors (Lipinski definition) is 3. The highest BCUT2D eigenvalue weighted by Gasteiger charge is 2.26. The van der Waals surface area contributed by atoms with Crippen molar-refractivity contribution in [3.8, 4) is 0 Å². The number of rotatable bonds is 5.